The van der Waals surface area contributed by atoms with E-state index in [2.05, 4.69) is 69.3 Å². The first-order chi connectivity index (χ1) is 14.4. The Balaban J connectivity index is 1.98. The van der Waals surface area contributed by atoms with Gasteiger partial charge in [0, 0.05) is 5.92 Å². The van der Waals surface area contributed by atoms with Crippen molar-refractivity contribution in [2.45, 2.75) is 51.9 Å². The number of rotatable bonds is 8. The van der Waals surface area contributed by atoms with Gasteiger partial charge in [0.2, 0.25) is 0 Å². The molecule has 0 bridgehead atoms. The molecule has 0 saturated heterocycles. The number of aromatic hydroxyl groups is 1. The molecule has 3 heteroatoms. The van der Waals surface area contributed by atoms with Crippen LogP contribution in [0, 0.1) is 0 Å². The Kier molecular flexibility index (Phi) is 6.94. The molecule has 0 aliphatic heterocycles. The molecule has 0 heterocycles. The van der Waals surface area contributed by atoms with Crippen LogP contribution in [-0.2, 0) is 12.8 Å². The van der Waals surface area contributed by atoms with Crippen LogP contribution in [0.2, 0.25) is 0 Å². The third-order valence-corrected chi connectivity index (χ3v) is 5.99. The van der Waals surface area contributed by atoms with E-state index in [-0.39, 0.29) is 17.2 Å². The number of carboxylic acids is 1. The van der Waals surface area contributed by atoms with Crippen LogP contribution in [0.15, 0.2) is 66.7 Å². The Morgan fingerprint density at radius 3 is 1.80 bits per heavy atom. The molecule has 0 aromatic heterocycles. The molecular weight excluding hydrogens is 372 g/mol. The first-order valence-electron chi connectivity index (χ1n) is 10.7. The predicted octanol–water partition coefficient (Wildman–Crippen LogP) is 6.54. The summed E-state index contributed by atoms with van der Waals surface area (Å²) in [6.07, 6.45) is 2.85. The van der Waals surface area contributed by atoms with E-state index >= 15 is 0 Å². The van der Waals surface area contributed by atoms with Gasteiger partial charge in [-0.2, -0.15) is 0 Å². The van der Waals surface area contributed by atoms with Crippen LogP contribution in [-0.4, -0.2) is 16.2 Å². The summed E-state index contributed by atoms with van der Waals surface area (Å²) < 4.78 is 0. The van der Waals surface area contributed by atoms with Gasteiger partial charge in [-0.15, -0.1) is 0 Å². The van der Waals surface area contributed by atoms with Crippen molar-refractivity contribution < 1.29 is 15.0 Å². The monoisotopic (exact) mass is 402 g/mol. The van der Waals surface area contributed by atoms with Crippen LogP contribution >= 0.6 is 0 Å². The molecule has 2 unspecified atom stereocenters. The summed E-state index contributed by atoms with van der Waals surface area (Å²) in [5.41, 5.74) is 5.89. The van der Waals surface area contributed by atoms with Crippen LogP contribution in [0.5, 0.6) is 5.75 Å². The fourth-order valence-corrected chi connectivity index (χ4v) is 3.96. The van der Waals surface area contributed by atoms with Gasteiger partial charge in [-0.05, 0) is 65.1 Å². The van der Waals surface area contributed by atoms with Crippen molar-refractivity contribution in [2.24, 2.45) is 0 Å². The smallest absolute Gasteiger partial charge is 0.339 e. The average molecular weight is 403 g/mol. The molecule has 0 aliphatic carbocycles. The summed E-state index contributed by atoms with van der Waals surface area (Å²) in [6, 6.07) is 22.3. The molecule has 156 valence electrons. The van der Waals surface area contributed by atoms with E-state index in [4.69, 9.17) is 0 Å². The lowest BCUT2D eigenvalue weighted by molar-refractivity contribution is 0.0693. The van der Waals surface area contributed by atoms with E-state index in [1.54, 1.807) is 6.07 Å². The van der Waals surface area contributed by atoms with Gasteiger partial charge < -0.3 is 10.2 Å². The quantitative estimate of drug-likeness (QED) is 0.450. The Morgan fingerprint density at radius 2 is 1.30 bits per heavy atom. The number of benzene rings is 3. The predicted molar refractivity (Wildman–Crippen MR) is 122 cm³/mol. The summed E-state index contributed by atoms with van der Waals surface area (Å²) in [5.74, 6) is -0.975. The van der Waals surface area contributed by atoms with E-state index in [0.717, 1.165) is 30.4 Å². The van der Waals surface area contributed by atoms with Crippen LogP contribution < -0.4 is 0 Å². The van der Waals surface area contributed by atoms with E-state index in [0.29, 0.717) is 5.92 Å². The normalized spacial score (nSPS) is 13.0. The molecule has 0 fully saturated rings. The molecule has 30 heavy (non-hydrogen) atoms. The second kappa shape index (κ2) is 9.62. The molecule has 3 aromatic rings. The molecular formula is C27H30O3. The number of aryl methyl sites for hydroxylation is 2. The summed E-state index contributed by atoms with van der Waals surface area (Å²) in [6.45, 7) is 6.50. The zero-order chi connectivity index (χ0) is 21.7. The Hall–Kier alpha value is -3.07. The van der Waals surface area contributed by atoms with E-state index < -0.39 is 5.97 Å². The number of hydrogen-bond acceptors (Lipinski definition) is 2. The minimum absolute atomic E-state index is 0.0375. The SMILES string of the molecule is CCc1ccc(C(C)CC(c2ccc(CC)cc2)c2ccc(O)c(C(=O)O)c2)cc1. The average Bonchev–Trinajstić information content (AvgIpc) is 2.77. The Morgan fingerprint density at radius 1 is 0.800 bits per heavy atom. The van der Waals surface area contributed by atoms with Crippen LogP contribution in [0.4, 0.5) is 0 Å². The molecule has 3 aromatic carbocycles. The largest absolute Gasteiger partial charge is 0.507 e. The third kappa shape index (κ3) is 4.91. The minimum Gasteiger partial charge on any atom is -0.507 e. The zero-order valence-corrected chi connectivity index (χ0v) is 17.9. The summed E-state index contributed by atoms with van der Waals surface area (Å²) in [7, 11) is 0. The maximum atomic E-state index is 11.6. The number of carbonyl (C=O) groups is 1. The van der Waals surface area contributed by atoms with Gasteiger partial charge in [-0.1, -0.05) is 75.4 Å². The first kappa shape index (κ1) is 21.6. The van der Waals surface area contributed by atoms with E-state index in [9.17, 15) is 15.0 Å². The van der Waals surface area contributed by atoms with Gasteiger partial charge in [0.1, 0.15) is 11.3 Å². The summed E-state index contributed by atoms with van der Waals surface area (Å²) in [5, 5.41) is 19.4. The van der Waals surface area contributed by atoms with Gasteiger partial charge in [-0.25, -0.2) is 4.79 Å². The molecule has 0 aliphatic rings. The van der Waals surface area contributed by atoms with E-state index in [1.165, 1.54) is 22.8 Å². The Bertz CT molecular complexity index is 988. The van der Waals surface area contributed by atoms with Crippen molar-refractivity contribution in [1.29, 1.82) is 0 Å². The standard InChI is InChI=1S/C27H30O3/c1-4-19-6-10-21(11-7-19)18(3)16-24(22-12-8-20(5-2)9-13-22)23-14-15-26(28)25(17-23)27(29)30/h6-15,17-18,24,28H,4-5,16H2,1-3H3,(H,29,30). The van der Waals surface area contributed by atoms with Gasteiger partial charge >= 0.3 is 5.97 Å². The summed E-state index contributed by atoms with van der Waals surface area (Å²) in [4.78, 5) is 11.6. The molecule has 0 spiro atoms. The van der Waals surface area contributed by atoms with Gasteiger partial charge in [0.15, 0.2) is 0 Å². The van der Waals surface area contributed by atoms with Crippen LogP contribution in [0.25, 0.3) is 0 Å². The lowest BCUT2D eigenvalue weighted by Crippen LogP contribution is -2.08. The highest BCUT2D eigenvalue weighted by atomic mass is 16.4. The fraction of sp³-hybridized carbons (Fsp3) is 0.296. The number of hydrogen-bond donors (Lipinski definition) is 2. The van der Waals surface area contributed by atoms with Gasteiger partial charge in [-0.3, -0.25) is 0 Å². The van der Waals surface area contributed by atoms with Crippen molar-refractivity contribution in [1.82, 2.24) is 0 Å². The number of aromatic carboxylic acids is 1. The molecule has 3 rings (SSSR count). The maximum Gasteiger partial charge on any atom is 0.339 e. The van der Waals surface area contributed by atoms with Gasteiger partial charge in [0.25, 0.3) is 0 Å². The zero-order valence-electron chi connectivity index (χ0n) is 17.9. The number of phenols is 1. The second-order valence-corrected chi connectivity index (χ2v) is 7.96. The Labute approximate surface area is 179 Å². The third-order valence-electron chi connectivity index (χ3n) is 5.99. The van der Waals surface area contributed by atoms with Crippen molar-refractivity contribution in [2.75, 3.05) is 0 Å². The molecule has 0 radical (unpaired) electrons. The van der Waals surface area contributed by atoms with Crippen molar-refractivity contribution in [3.05, 3.63) is 100 Å². The minimum atomic E-state index is -1.11. The maximum absolute atomic E-state index is 11.6. The summed E-state index contributed by atoms with van der Waals surface area (Å²) >= 11 is 0. The topological polar surface area (TPSA) is 57.5 Å². The van der Waals surface area contributed by atoms with E-state index in [1.807, 2.05) is 6.07 Å². The van der Waals surface area contributed by atoms with Crippen LogP contribution in [0.3, 0.4) is 0 Å². The molecule has 0 saturated carbocycles. The molecule has 2 atom stereocenters. The molecule has 3 nitrogen and oxygen atoms in total. The van der Waals surface area contributed by atoms with Crippen molar-refractivity contribution >= 4 is 5.97 Å². The van der Waals surface area contributed by atoms with Gasteiger partial charge in [0.05, 0.1) is 0 Å². The second-order valence-electron chi connectivity index (χ2n) is 7.96. The first-order valence-corrected chi connectivity index (χ1v) is 10.7. The highest BCUT2D eigenvalue weighted by molar-refractivity contribution is 5.91. The number of carboxylic acid groups (broad SMARTS) is 1. The van der Waals surface area contributed by atoms with Crippen molar-refractivity contribution in [3.8, 4) is 5.75 Å². The highest BCUT2D eigenvalue weighted by Gasteiger charge is 2.21. The molecule has 0 amide bonds. The highest BCUT2D eigenvalue weighted by Crippen LogP contribution is 2.36. The van der Waals surface area contributed by atoms with Crippen molar-refractivity contribution in [3.63, 3.8) is 0 Å². The lowest BCUT2D eigenvalue weighted by atomic mass is 9.81. The van der Waals surface area contributed by atoms with Crippen LogP contribution in [0.1, 0.15) is 77.2 Å². The lowest BCUT2D eigenvalue weighted by Gasteiger charge is -2.23. The molecule has 2 N–H and O–H groups in total. The fourth-order valence-electron chi connectivity index (χ4n) is 3.96.